The summed E-state index contributed by atoms with van der Waals surface area (Å²) < 4.78 is 0. The first-order valence-electron chi connectivity index (χ1n) is 3.90. The van der Waals surface area contributed by atoms with Gasteiger partial charge in [0.2, 0.25) is 0 Å². The lowest BCUT2D eigenvalue weighted by atomic mass is 10.1. The van der Waals surface area contributed by atoms with Crippen molar-refractivity contribution >= 4 is 5.69 Å². The van der Waals surface area contributed by atoms with E-state index in [0.29, 0.717) is 0 Å². The molecule has 2 nitrogen and oxygen atoms in total. The molecule has 1 atom stereocenters. The van der Waals surface area contributed by atoms with Gasteiger partial charge in [-0.15, -0.1) is 0 Å². The summed E-state index contributed by atoms with van der Waals surface area (Å²) in [5, 5.41) is 9.32. The summed E-state index contributed by atoms with van der Waals surface area (Å²) in [4.78, 5) is 1.96. The summed E-state index contributed by atoms with van der Waals surface area (Å²) in [7, 11) is 3.89. The fourth-order valence-corrected chi connectivity index (χ4v) is 1.18. The smallest absolute Gasteiger partial charge is 0.0811 e. The molecule has 0 aliphatic carbocycles. The quantitative estimate of drug-likeness (QED) is 0.718. The molecule has 1 rings (SSSR count). The van der Waals surface area contributed by atoms with Gasteiger partial charge in [-0.1, -0.05) is 18.2 Å². The highest BCUT2D eigenvalue weighted by Gasteiger charge is 2.07. The zero-order valence-electron chi connectivity index (χ0n) is 7.49. The Morgan fingerprint density at radius 3 is 2.33 bits per heavy atom. The first-order chi connectivity index (χ1) is 5.63. The van der Waals surface area contributed by atoms with Crippen molar-refractivity contribution < 1.29 is 5.11 Å². The average molecular weight is 164 g/mol. The Hall–Kier alpha value is -1.02. The number of anilines is 1. The van der Waals surface area contributed by atoms with Crippen LogP contribution in [0.15, 0.2) is 24.3 Å². The van der Waals surface area contributed by atoms with Crippen LogP contribution < -0.4 is 4.90 Å². The molecule has 0 aliphatic rings. The summed E-state index contributed by atoms with van der Waals surface area (Å²) in [6, 6.07) is 7.69. The van der Waals surface area contributed by atoms with Crippen LogP contribution in [0.4, 0.5) is 5.69 Å². The summed E-state index contributed by atoms with van der Waals surface area (Å²) in [6.45, 7) is 3.58. The Balaban J connectivity index is 3.09. The van der Waals surface area contributed by atoms with Gasteiger partial charge in [-0.2, -0.15) is 0 Å². The number of rotatable bonds is 2. The van der Waals surface area contributed by atoms with E-state index in [1.807, 2.05) is 43.3 Å². The molecular formula is C10H14NO. The van der Waals surface area contributed by atoms with Crippen molar-refractivity contribution in [2.45, 2.75) is 6.10 Å². The fraction of sp³-hybridized carbons (Fsp3) is 0.300. The van der Waals surface area contributed by atoms with Crippen LogP contribution in [0.25, 0.3) is 0 Å². The molecule has 0 aliphatic heterocycles. The molecule has 1 N–H and O–H groups in total. The van der Waals surface area contributed by atoms with E-state index in [2.05, 4.69) is 6.92 Å². The van der Waals surface area contributed by atoms with Crippen LogP contribution in [-0.2, 0) is 0 Å². The summed E-state index contributed by atoms with van der Waals surface area (Å²) in [6.07, 6.45) is -0.649. The average Bonchev–Trinajstić information content (AvgIpc) is 2.04. The van der Waals surface area contributed by atoms with Gasteiger partial charge in [-0.05, 0) is 13.0 Å². The zero-order valence-corrected chi connectivity index (χ0v) is 7.49. The molecule has 1 radical (unpaired) electrons. The highest BCUT2D eigenvalue weighted by Crippen LogP contribution is 2.23. The first kappa shape index (κ1) is 9.07. The van der Waals surface area contributed by atoms with E-state index in [4.69, 9.17) is 0 Å². The van der Waals surface area contributed by atoms with Gasteiger partial charge >= 0.3 is 0 Å². The maximum Gasteiger partial charge on any atom is 0.0811 e. The van der Waals surface area contributed by atoms with E-state index in [0.717, 1.165) is 11.3 Å². The number of hydrogen-bond acceptors (Lipinski definition) is 2. The molecule has 0 fully saturated rings. The Morgan fingerprint density at radius 1 is 1.33 bits per heavy atom. The second kappa shape index (κ2) is 3.59. The number of benzene rings is 1. The van der Waals surface area contributed by atoms with Crippen molar-refractivity contribution in [3.05, 3.63) is 36.8 Å². The lowest BCUT2D eigenvalue weighted by molar-refractivity contribution is 0.226. The maximum absolute atomic E-state index is 9.32. The van der Waals surface area contributed by atoms with Gasteiger partial charge in [-0.25, -0.2) is 0 Å². The lowest BCUT2D eigenvalue weighted by Gasteiger charge is -2.18. The maximum atomic E-state index is 9.32. The van der Waals surface area contributed by atoms with Gasteiger partial charge in [-0.3, -0.25) is 0 Å². The Kier molecular flexibility index (Phi) is 2.71. The largest absolute Gasteiger partial charge is 0.388 e. The van der Waals surface area contributed by atoms with Crippen LogP contribution in [0.2, 0.25) is 0 Å². The number of hydrogen-bond donors (Lipinski definition) is 1. The monoisotopic (exact) mass is 164 g/mol. The molecule has 2 heteroatoms. The normalized spacial score (nSPS) is 12.7. The van der Waals surface area contributed by atoms with Crippen molar-refractivity contribution in [3.8, 4) is 0 Å². The van der Waals surface area contributed by atoms with Crippen LogP contribution in [-0.4, -0.2) is 19.2 Å². The third-order valence-electron chi connectivity index (χ3n) is 1.78. The molecule has 0 heterocycles. The molecule has 0 bridgehead atoms. The van der Waals surface area contributed by atoms with E-state index in [9.17, 15) is 5.11 Å². The van der Waals surface area contributed by atoms with Crippen LogP contribution >= 0.6 is 0 Å². The van der Waals surface area contributed by atoms with E-state index < -0.39 is 6.10 Å². The molecule has 1 aromatic carbocycles. The molecule has 65 valence electrons. The van der Waals surface area contributed by atoms with Crippen molar-refractivity contribution in [1.82, 2.24) is 0 Å². The molecule has 0 amide bonds. The van der Waals surface area contributed by atoms with Gasteiger partial charge in [0, 0.05) is 25.3 Å². The molecule has 0 aromatic heterocycles. The van der Waals surface area contributed by atoms with Gasteiger partial charge < -0.3 is 10.0 Å². The van der Waals surface area contributed by atoms with Crippen LogP contribution in [0, 0.1) is 6.92 Å². The van der Waals surface area contributed by atoms with E-state index >= 15 is 0 Å². The van der Waals surface area contributed by atoms with Gasteiger partial charge in [0.05, 0.1) is 6.10 Å². The minimum absolute atomic E-state index is 0.649. The third kappa shape index (κ3) is 1.77. The molecular weight excluding hydrogens is 150 g/mol. The zero-order chi connectivity index (χ0) is 9.14. The number of para-hydroxylation sites is 1. The summed E-state index contributed by atoms with van der Waals surface area (Å²) in [5.74, 6) is 0. The summed E-state index contributed by atoms with van der Waals surface area (Å²) >= 11 is 0. The van der Waals surface area contributed by atoms with Crippen LogP contribution in [0.5, 0.6) is 0 Å². The minimum Gasteiger partial charge on any atom is -0.388 e. The SMILES string of the molecule is [CH2]C(O)c1ccccc1N(C)C. The van der Waals surface area contributed by atoms with Crippen molar-refractivity contribution in [2.75, 3.05) is 19.0 Å². The van der Waals surface area contributed by atoms with Crippen molar-refractivity contribution in [2.24, 2.45) is 0 Å². The second-order valence-electron chi connectivity index (χ2n) is 2.97. The molecule has 12 heavy (non-hydrogen) atoms. The van der Waals surface area contributed by atoms with Crippen molar-refractivity contribution in [3.63, 3.8) is 0 Å². The molecule has 0 spiro atoms. The van der Waals surface area contributed by atoms with Gasteiger partial charge in [0.15, 0.2) is 0 Å². The van der Waals surface area contributed by atoms with Crippen LogP contribution in [0.3, 0.4) is 0 Å². The third-order valence-corrected chi connectivity index (χ3v) is 1.78. The van der Waals surface area contributed by atoms with E-state index in [-0.39, 0.29) is 0 Å². The topological polar surface area (TPSA) is 23.5 Å². The Bertz CT molecular complexity index is 229. The molecule has 0 saturated heterocycles. The number of aliphatic hydroxyl groups is 1. The Morgan fingerprint density at radius 2 is 1.92 bits per heavy atom. The standard InChI is InChI=1S/C10H14NO/c1-8(12)9-6-4-5-7-10(9)11(2)3/h4-8,12H,1H2,2-3H3. The highest BCUT2D eigenvalue weighted by atomic mass is 16.3. The number of nitrogens with zero attached hydrogens (tertiary/aromatic N) is 1. The predicted octanol–water partition coefficient (Wildman–Crippen LogP) is 1.62. The van der Waals surface area contributed by atoms with Gasteiger partial charge in [0.25, 0.3) is 0 Å². The Labute approximate surface area is 73.4 Å². The molecule has 1 unspecified atom stereocenters. The highest BCUT2D eigenvalue weighted by molar-refractivity contribution is 5.53. The van der Waals surface area contributed by atoms with E-state index in [1.165, 1.54) is 0 Å². The van der Waals surface area contributed by atoms with Crippen molar-refractivity contribution in [1.29, 1.82) is 0 Å². The number of aliphatic hydroxyl groups excluding tert-OH is 1. The molecule has 1 aromatic rings. The lowest BCUT2D eigenvalue weighted by Crippen LogP contribution is -2.12. The van der Waals surface area contributed by atoms with Gasteiger partial charge in [0.1, 0.15) is 0 Å². The van der Waals surface area contributed by atoms with Crippen LogP contribution in [0.1, 0.15) is 11.7 Å². The van der Waals surface area contributed by atoms with E-state index in [1.54, 1.807) is 0 Å². The minimum atomic E-state index is -0.649. The molecule has 0 saturated carbocycles. The second-order valence-corrected chi connectivity index (χ2v) is 2.97. The predicted molar refractivity (Wildman–Crippen MR) is 51.1 cm³/mol. The summed E-state index contributed by atoms with van der Waals surface area (Å²) in [5.41, 5.74) is 1.88. The first-order valence-corrected chi connectivity index (χ1v) is 3.90. The fourth-order valence-electron chi connectivity index (χ4n) is 1.18.